The second-order valence-corrected chi connectivity index (χ2v) is 6.07. The Hall–Kier alpha value is -1.86. The largest absolute Gasteiger partial charge is 0.323 e. The van der Waals surface area contributed by atoms with Gasteiger partial charge >= 0.3 is 0 Å². The van der Waals surface area contributed by atoms with Crippen molar-refractivity contribution in [1.82, 2.24) is 0 Å². The van der Waals surface area contributed by atoms with E-state index < -0.39 is 29.4 Å². The lowest BCUT2D eigenvalue weighted by atomic mass is 10.2. The van der Waals surface area contributed by atoms with Crippen LogP contribution >= 0.6 is 11.3 Å². The van der Waals surface area contributed by atoms with E-state index in [1.165, 1.54) is 0 Å². The van der Waals surface area contributed by atoms with Gasteiger partial charge in [-0.05, 0) is 30.5 Å². The average molecular weight is 329 g/mol. The van der Waals surface area contributed by atoms with Gasteiger partial charge in [-0.25, -0.2) is 13.2 Å². The minimum absolute atomic E-state index is 0.361. The van der Waals surface area contributed by atoms with Crippen LogP contribution in [0.3, 0.4) is 0 Å². The summed E-state index contributed by atoms with van der Waals surface area (Å²) in [5.41, 5.74) is -0.361. The van der Waals surface area contributed by atoms with E-state index in [1.807, 2.05) is 24.6 Å². The maximum Gasteiger partial charge on any atom is 0.282 e. The van der Waals surface area contributed by atoms with Crippen molar-refractivity contribution >= 4 is 22.9 Å². The fourth-order valence-electron chi connectivity index (χ4n) is 1.93. The molecule has 2 atom stereocenters. The Morgan fingerprint density at radius 3 is 2.64 bits per heavy atom. The Labute approximate surface area is 130 Å². The molecule has 7 heteroatoms. The van der Waals surface area contributed by atoms with Crippen LogP contribution in [0.1, 0.15) is 11.8 Å². The van der Waals surface area contributed by atoms with Crippen LogP contribution in [0.2, 0.25) is 0 Å². The van der Waals surface area contributed by atoms with Gasteiger partial charge in [0.2, 0.25) is 0 Å². The van der Waals surface area contributed by atoms with Crippen molar-refractivity contribution in [1.29, 1.82) is 0 Å². The predicted octanol–water partition coefficient (Wildman–Crippen LogP) is 2.21. The highest BCUT2D eigenvalue weighted by atomic mass is 32.1. The minimum Gasteiger partial charge on any atom is -0.323 e. The Bertz CT molecular complexity index is 661. The number of rotatable bonds is 5. The summed E-state index contributed by atoms with van der Waals surface area (Å²) in [6.07, 6.45) is 0. The highest BCUT2D eigenvalue weighted by molar-refractivity contribution is 7.09. The van der Waals surface area contributed by atoms with E-state index in [0.717, 1.165) is 21.9 Å². The quantitative estimate of drug-likeness (QED) is 0.810. The number of anilines is 1. The molecular weight excluding hydrogens is 313 g/mol. The van der Waals surface area contributed by atoms with Crippen LogP contribution in [-0.4, -0.2) is 19.0 Å². The number of carbonyl (C=O) groups is 1. The molecule has 1 aromatic carbocycles. The molecule has 1 heterocycles. The van der Waals surface area contributed by atoms with E-state index in [-0.39, 0.29) is 5.69 Å². The first-order chi connectivity index (χ1) is 10.4. The first-order valence-electron chi connectivity index (χ1n) is 6.69. The molecule has 22 heavy (non-hydrogen) atoms. The third-order valence-corrected chi connectivity index (χ3v) is 4.34. The molecule has 1 amide bonds. The topological polar surface area (TPSA) is 33.5 Å². The lowest BCUT2D eigenvalue weighted by molar-refractivity contribution is -0.907. The van der Waals surface area contributed by atoms with Crippen molar-refractivity contribution in [3.05, 3.63) is 52.0 Å². The zero-order valence-corrected chi connectivity index (χ0v) is 12.9. The van der Waals surface area contributed by atoms with E-state index >= 15 is 0 Å². The molecule has 118 valence electrons. The van der Waals surface area contributed by atoms with Gasteiger partial charge in [-0.2, -0.15) is 0 Å². The molecule has 0 aliphatic carbocycles. The Kier molecular flexibility index (Phi) is 5.20. The zero-order chi connectivity index (χ0) is 16.3. The summed E-state index contributed by atoms with van der Waals surface area (Å²) >= 11 is 1.59. The summed E-state index contributed by atoms with van der Waals surface area (Å²) in [5.74, 6) is -4.73. The van der Waals surface area contributed by atoms with Gasteiger partial charge in [0.05, 0.1) is 17.6 Å². The van der Waals surface area contributed by atoms with Crippen molar-refractivity contribution < 1.29 is 22.9 Å². The molecule has 3 nitrogen and oxygen atoms in total. The summed E-state index contributed by atoms with van der Waals surface area (Å²) in [6, 6.07) is 5.20. The lowest BCUT2D eigenvalue weighted by Gasteiger charge is -2.20. The molecule has 1 aromatic heterocycles. The number of amides is 1. The van der Waals surface area contributed by atoms with Gasteiger partial charge in [0.1, 0.15) is 6.54 Å². The van der Waals surface area contributed by atoms with Gasteiger partial charge < -0.3 is 10.2 Å². The van der Waals surface area contributed by atoms with Crippen molar-refractivity contribution in [3.8, 4) is 0 Å². The maximum absolute atomic E-state index is 13.6. The smallest absolute Gasteiger partial charge is 0.282 e. The minimum atomic E-state index is -1.59. The van der Waals surface area contributed by atoms with Crippen LogP contribution in [0.5, 0.6) is 0 Å². The number of likely N-dealkylation sites (N-methyl/N-ethyl adjacent to an activating group) is 1. The fourth-order valence-corrected chi connectivity index (χ4v) is 2.73. The van der Waals surface area contributed by atoms with Gasteiger partial charge in [-0.1, -0.05) is 6.07 Å². The molecule has 0 radical (unpaired) electrons. The molecule has 1 unspecified atom stereocenters. The average Bonchev–Trinajstić information content (AvgIpc) is 2.99. The molecule has 2 aromatic rings. The zero-order valence-electron chi connectivity index (χ0n) is 12.1. The van der Waals surface area contributed by atoms with E-state index in [9.17, 15) is 18.0 Å². The first-order valence-corrected chi connectivity index (χ1v) is 7.57. The summed E-state index contributed by atoms with van der Waals surface area (Å²) < 4.78 is 39.6. The number of halogens is 3. The third kappa shape index (κ3) is 3.66. The summed E-state index contributed by atoms with van der Waals surface area (Å²) in [4.78, 5) is 14.1. The molecule has 0 saturated heterocycles. The molecule has 2 N–H and O–H groups in total. The summed E-state index contributed by atoms with van der Waals surface area (Å²) in [7, 11) is 1.84. The summed E-state index contributed by atoms with van der Waals surface area (Å²) in [5, 5.41) is 4.25. The Morgan fingerprint density at radius 2 is 2.00 bits per heavy atom. The molecule has 2 rings (SSSR count). The van der Waals surface area contributed by atoms with Crippen molar-refractivity contribution in [2.75, 3.05) is 12.4 Å². The number of nitrogens with one attached hydrogen (secondary N) is 2. The van der Waals surface area contributed by atoms with Gasteiger partial charge in [0, 0.05) is 0 Å². The van der Waals surface area contributed by atoms with Gasteiger partial charge in [-0.15, -0.1) is 11.3 Å². The van der Waals surface area contributed by atoms with Crippen LogP contribution in [0.25, 0.3) is 0 Å². The Balaban J connectivity index is 2.03. The number of hydrogen-bond acceptors (Lipinski definition) is 2. The maximum atomic E-state index is 13.6. The second-order valence-electron chi connectivity index (χ2n) is 5.04. The molecule has 0 saturated carbocycles. The number of carbonyl (C=O) groups excluding carboxylic acids is 1. The lowest BCUT2D eigenvalue weighted by Crippen LogP contribution is -3.12. The van der Waals surface area contributed by atoms with Crippen molar-refractivity contribution in [2.45, 2.75) is 19.5 Å². The standard InChI is InChI=1S/C15H15F3N2OS/c1-9(20(2)8-10-4-3-7-22-10)15(21)19-12-6-5-11(16)13(17)14(12)18/h3-7,9H,8H2,1-2H3,(H,19,21)/p+1/t9-/m0/s1. The monoisotopic (exact) mass is 329 g/mol. The predicted molar refractivity (Wildman–Crippen MR) is 79.3 cm³/mol. The van der Waals surface area contributed by atoms with Crippen LogP contribution in [0, 0.1) is 17.5 Å². The number of thiophene rings is 1. The van der Waals surface area contributed by atoms with E-state index in [2.05, 4.69) is 5.32 Å². The van der Waals surface area contributed by atoms with Crippen LogP contribution in [0.15, 0.2) is 29.6 Å². The van der Waals surface area contributed by atoms with E-state index in [1.54, 1.807) is 18.3 Å². The van der Waals surface area contributed by atoms with Crippen LogP contribution in [0.4, 0.5) is 18.9 Å². The van der Waals surface area contributed by atoms with Gasteiger partial charge in [0.25, 0.3) is 5.91 Å². The van der Waals surface area contributed by atoms with Gasteiger partial charge in [0.15, 0.2) is 23.5 Å². The molecule has 0 spiro atoms. The van der Waals surface area contributed by atoms with Crippen LogP contribution in [-0.2, 0) is 11.3 Å². The summed E-state index contributed by atoms with van der Waals surface area (Å²) in [6.45, 7) is 2.34. The SMILES string of the molecule is C[C@@H](C(=O)Nc1ccc(F)c(F)c1F)[NH+](C)Cc1cccs1. The number of quaternary nitrogens is 1. The molecule has 0 bridgehead atoms. The van der Waals surface area contributed by atoms with Crippen molar-refractivity contribution in [2.24, 2.45) is 0 Å². The number of benzene rings is 1. The molecule has 0 aliphatic heterocycles. The second kappa shape index (κ2) is 6.93. The third-order valence-electron chi connectivity index (χ3n) is 3.46. The molecular formula is C15H16F3N2OS+. The first kappa shape index (κ1) is 16.5. The fraction of sp³-hybridized carbons (Fsp3) is 0.267. The molecule has 0 fully saturated rings. The van der Waals surface area contributed by atoms with Crippen LogP contribution < -0.4 is 10.2 Å². The normalized spacial score (nSPS) is 13.7. The van der Waals surface area contributed by atoms with E-state index in [0.29, 0.717) is 6.54 Å². The van der Waals surface area contributed by atoms with Crippen molar-refractivity contribution in [3.63, 3.8) is 0 Å². The van der Waals surface area contributed by atoms with Gasteiger partial charge in [-0.3, -0.25) is 4.79 Å². The number of hydrogen-bond donors (Lipinski definition) is 2. The highest BCUT2D eigenvalue weighted by Gasteiger charge is 2.24. The molecule has 0 aliphatic rings. The highest BCUT2D eigenvalue weighted by Crippen LogP contribution is 2.19. The van der Waals surface area contributed by atoms with E-state index in [4.69, 9.17) is 0 Å². The Morgan fingerprint density at radius 1 is 1.27 bits per heavy atom.